The Kier molecular flexibility index (Phi) is 5.63. The standard InChI is InChI=1S/C19H24N2O2/c1-14(2)18(15-9-6-5-7-10-15)21(3)19(22)20-16-11-8-12-17(13-16)23-4/h5-14,18H,1-4H3,(H,20,22). The molecular formula is C19H24N2O2. The van der Waals surface area contributed by atoms with Gasteiger partial charge >= 0.3 is 6.03 Å². The summed E-state index contributed by atoms with van der Waals surface area (Å²) in [4.78, 5) is 14.4. The van der Waals surface area contributed by atoms with Gasteiger partial charge in [-0.3, -0.25) is 0 Å². The minimum atomic E-state index is -0.138. The van der Waals surface area contributed by atoms with Crippen LogP contribution in [-0.4, -0.2) is 25.1 Å². The molecule has 2 rings (SSSR count). The molecule has 0 bridgehead atoms. The van der Waals surface area contributed by atoms with Gasteiger partial charge in [0.25, 0.3) is 0 Å². The number of hydrogen-bond acceptors (Lipinski definition) is 2. The number of nitrogens with one attached hydrogen (secondary N) is 1. The first kappa shape index (κ1) is 16.9. The normalized spacial score (nSPS) is 11.9. The average molecular weight is 312 g/mol. The predicted molar refractivity (Wildman–Crippen MR) is 93.8 cm³/mol. The molecule has 4 heteroatoms. The Bertz CT molecular complexity index is 641. The van der Waals surface area contributed by atoms with Gasteiger partial charge in [0.1, 0.15) is 5.75 Å². The molecule has 0 aliphatic carbocycles. The van der Waals surface area contributed by atoms with Gasteiger partial charge in [-0.15, -0.1) is 0 Å². The fourth-order valence-corrected chi connectivity index (χ4v) is 2.74. The highest BCUT2D eigenvalue weighted by atomic mass is 16.5. The minimum Gasteiger partial charge on any atom is -0.497 e. The van der Waals surface area contributed by atoms with Gasteiger partial charge in [0.2, 0.25) is 0 Å². The summed E-state index contributed by atoms with van der Waals surface area (Å²) in [5.41, 5.74) is 1.85. The summed E-state index contributed by atoms with van der Waals surface area (Å²) in [6, 6.07) is 17.3. The fourth-order valence-electron chi connectivity index (χ4n) is 2.74. The molecule has 2 aromatic rings. The van der Waals surface area contributed by atoms with Crippen LogP contribution in [0, 0.1) is 5.92 Å². The van der Waals surface area contributed by atoms with Crippen molar-refractivity contribution in [2.75, 3.05) is 19.5 Å². The van der Waals surface area contributed by atoms with Crippen molar-refractivity contribution in [2.24, 2.45) is 5.92 Å². The Hall–Kier alpha value is -2.49. The molecule has 122 valence electrons. The van der Waals surface area contributed by atoms with Gasteiger partial charge in [0.15, 0.2) is 0 Å². The number of ether oxygens (including phenoxy) is 1. The van der Waals surface area contributed by atoms with Crippen LogP contribution in [0.15, 0.2) is 54.6 Å². The SMILES string of the molecule is COc1cccc(NC(=O)N(C)C(c2ccccc2)C(C)C)c1. The van der Waals surface area contributed by atoms with E-state index < -0.39 is 0 Å². The number of carbonyl (C=O) groups is 1. The molecule has 0 saturated heterocycles. The average Bonchev–Trinajstić information content (AvgIpc) is 2.55. The van der Waals surface area contributed by atoms with Crippen molar-refractivity contribution in [2.45, 2.75) is 19.9 Å². The summed E-state index contributed by atoms with van der Waals surface area (Å²) in [5.74, 6) is 1.02. The maximum Gasteiger partial charge on any atom is 0.322 e. The quantitative estimate of drug-likeness (QED) is 0.879. The van der Waals surface area contributed by atoms with Crippen LogP contribution in [0.3, 0.4) is 0 Å². The van der Waals surface area contributed by atoms with Crippen molar-refractivity contribution in [3.63, 3.8) is 0 Å². The molecule has 0 aliphatic rings. The number of rotatable bonds is 5. The number of anilines is 1. The van der Waals surface area contributed by atoms with Crippen LogP contribution in [-0.2, 0) is 0 Å². The van der Waals surface area contributed by atoms with E-state index in [9.17, 15) is 4.79 Å². The number of nitrogens with zero attached hydrogens (tertiary/aromatic N) is 1. The van der Waals surface area contributed by atoms with Crippen molar-refractivity contribution < 1.29 is 9.53 Å². The molecule has 2 aromatic carbocycles. The van der Waals surface area contributed by atoms with Crippen LogP contribution in [0.5, 0.6) is 5.75 Å². The van der Waals surface area contributed by atoms with E-state index in [1.807, 2.05) is 43.4 Å². The van der Waals surface area contributed by atoms with Crippen LogP contribution in [0.1, 0.15) is 25.5 Å². The Morgan fingerprint density at radius 3 is 2.39 bits per heavy atom. The smallest absolute Gasteiger partial charge is 0.322 e. The minimum absolute atomic E-state index is 0.0156. The van der Waals surface area contributed by atoms with Gasteiger partial charge in [-0.25, -0.2) is 4.79 Å². The van der Waals surface area contributed by atoms with E-state index >= 15 is 0 Å². The molecule has 1 N–H and O–H groups in total. The van der Waals surface area contributed by atoms with E-state index in [0.717, 1.165) is 11.3 Å². The number of benzene rings is 2. The van der Waals surface area contributed by atoms with Gasteiger partial charge in [0, 0.05) is 18.8 Å². The predicted octanol–water partition coefficient (Wildman–Crippen LogP) is 4.56. The van der Waals surface area contributed by atoms with Crippen molar-refractivity contribution in [1.29, 1.82) is 0 Å². The zero-order valence-electron chi connectivity index (χ0n) is 14.1. The number of carbonyl (C=O) groups excluding carboxylic acids is 1. The summed E-state index contributed by atoms with van der Waals surface area (Å²) in [5, 5.41) is 2.93. The highest BCUT2D eigenvalue weighted by Crippen LogP contribution is 2.28. The molecule has 0 aromatic heterocycles. The lowest BCUT2D eigenvalue weighted by Gasteiger charge is -2.31. The third kappa shape index (κ3) is 4.25. The van der Waals surface area contributed by atoms with Gasteiger partial charge in [0.05, 0.1) is 13.2 Å². The highest BCUT2D eigenvalue weighted by molar-refractivity contribution is 5.89. The van der Waals surface area contributed by atoms with Gasteiger partial charge < -0.3 is 15.0 Å². The first-order chi connectivity index (χ1) is 11.0. The summed E-state index contributed by atoms with van der Waals surface area (Å²) < 4.78 is 5.19. The van der Waals surface area contributed by atoms with Crippen LogP contribution in [0.4, 0.5) is 10.5 Å². The third-order valence-corrected chi connectivity index (χ3v) is 3.83. The molecule has 4 nitrogen and oxygen atoms in total. The lowest BCUT2D eigenvalue weighted by molar-refractivity contribution is 0.186. The summed E-state index contributed by atoms with van der Waals surface area (Å²) in [7, 11) is 3.43. The molecule has 0 spiro atoms. The van der Waals surface area contributed by atoms with Crippen molar-refractivity contribution >= 4 is 11.7 Å². The maximum atomic E-state index is 12.6. The third-order valence-electron chi connectivity index (χ3n) is 3.83. The topological polar surface area (TPSA) is 41.6 Å². The molecule has 2 amide bonds. The van der Waals surface area contributed by atoms with E-state index in [-0.39, 0.29) is 12.1 Å². The van der Waals surface area contributed by atoms with Crippen molar-refractivity contribution in [3.8, 4) is 5.75 Å². The van der Waals surface area contributed by atoms with Crippen LogP contribution >= 0.6 is 0 Å². The molecule has 0 heterocycles. The van der Waals surface area contributed by atoms with Crippen molar-refractivity contribution in [1.82, 2.24) is 4.90 Å². The van der Waals surface area contributed by atoms with E-state index in [1.165, 1.54) is 0 Å². The fraction of sp³-hybridized carbons (Fsp3) is 0.316. The second-order valence-corrected chi connectivity index (χ2v) is 5.87. The van der Waals surface area contributed by atoms with Crippen LogP contribution in [0.2, 0.25) is 0 Å². The molecular weight excluding hydrogens is 288 g/mol. The number of urea groups is 1. The molecule has 0 aliphatic heterocycles. The van der Waals surface area contributed by atoms with Crippen molar-refractivity contribution in [3.05, 3.63) is 60.2 Å². The molecule has 1 unspecified atom stereocenters. The molecule has 1 atom stereocenters. The lowest BCUT2D eigenvalue weighted by Crippen LogP contribution is -2.37. The Morgan fingerprint density at radius 2 is 1.78 bits per heavy atom. The number of methoxy groups -OCH3 is 1. The Labute approximate surface area is 138 Å². The summed E-state index contributed by atoms with van der Waals surface area (Å²) in [6.45, 7) is 4.24. The largest absolute Gasteiger partial charge is 0.497 e. The van der Waals surface area contributed by atoms with E-state index in [4.69, 9.17) is 4.74 Å². The molecule has 0 fully saturated rings. The van der Waals surface area contributed by atoms with E-state index in [0.29, 0.717) is 11.7 Å². The Balaban J connectivity index is 2.16. The summed E-state index contributed by atoms with van der Waals surface area (Å²) >= 11 is 0. The molecule has 23 heavy (non-hydrogen) atoms. The van der Waals surface area contributed by atoms with Gasteiger partial charge in [-0.05, 0) is 23.6 Å². The van der Waals surface area contributed by atoms with Gasteiger partial charge in [-0.2, -0.15) is 0 Å². The number of amides is 2. The van der Waals surface area contributed by atoms with Crippen LogP contribution in [0.25, 0.3) is 0 Å². The molecule has 0 saturated carbocycles. The van der Waals surface area contributed by atoms with Crippen LogP contribution < -0.4 is 10.1 Å². The Morgan fingerprint density at radius 1 is 1.09 bits per heavy atom. The maximum absolute atomic E-state index is 12.6. The number of hydrogen-bond donors (Lipinski definition) is 1. The first-order valence-corrected chi connectivity index (χ1v) is 7.75. The van der Waals surface area contributed by atoms with E-state index in [2.05, 4.69) is 31.3 Å². The zero-order valence-corrected chi connectivity index (χ0v) is 14.1. The first-order valence-electron chi connectivity index (χ1n) is 7.75. The zero-order chi connectivity index (χ0) is 16.8. The second kappa shape index (κ2) is 7.68. The second-order valence-electron chi connectivity index (χ2n) is 5.87. The van der Waals surface area contributed by atoms with E-state index in [1.54, 1.807) is 18.1 Å². The van der Waals surface area contributed by atoms with Gasteiger partial charge in [-0.1, -0.05) is 50.2 Å². The lowest BCUT2D eigenvalue weighted by atomic mass is 9.95. The monoisotopic (exact) mass is 312 g/mol. The highest BCUT2D eigenvalue weighted by Gasteiger charge is 2.24. The molecule has 0 radical (unpaired) electrons. The summed E-state index contributed by atoms with van der Waals surface area (Å²) in [6.07, 6.45) is 0.